The highest BCUT2D eigenvalue weighted by Gasteiger charge is 2.19. The highest BCUT2D eigenvalue weighted by molar-refractivity contribution is 5.87. The number of pyridine rings is 1. The van der Waals surface area contributed by atoms with Gasteiger partial charge in [0, 0.05) is 17.7 Å². The smallest absolute Gasteiger partial charge is 0.270 e. The van der Waals surface area contributed by atoms with E-state index in [0.29, 0.717) is 23.4 Å². The third-order valence-electron chi connectivity index (χ3n) is 5.18. The Labute approximate surface area is 177 Å². The van der Waals surface area contributed by atoms with Gasteiger partial charge in [0.1, 0.15) is 17.6 Å². The highest BCUT2D eigenvalue weighted by atomic mass is 16.6. The molecule has 0 aliphatic carbocycles. The summed E-state index contributed by atoms with van der Waals surface area (Å²) in [5.41, 5.74) is 7.35. The number of anilines is 1. The molecule has 0 aliphatic heterocycles. The van der Waals surface area contributed by atoms with Gasteiger partial charge in [-0.15, -0.1) is 0 Å². The Hall–Kier alpha value is -4.45. The molecule has 154 valence electrons. The van der Waals surface area contributed by atoms with Crippen LogP contribution < -0.4 is 5.43 Å². The lowest BCUT2D eigenvalue weighted by Gasteiger charge is -2.15. The molecule has 4 rings (SSSR count). The molecule has 0 amide bonds. The first-order chi connectivity index (χ1) is 15.0. The second kappa shape index (κ2) is 7.76. The van der Waals surface area contributed by atoms with Gasteiger partial charge in [-0.25, -0.2) is 4.98 Å². The summed E-state index contributed by atoms with van der Waals surface area (Å²) in [5.74, 6) is 0.518. The molecule has 2 heterocycles. The zero-order chi connectivity index (χ0) is 22.1. The van der Waals surface area contributed by atoms with Crippen molar-refractivity contribution in [2.45, 2.75) is 20.3 Å². The van der Waals surface area contributed by atoms with Crippen LogP contribution in [0.5, 0.6) is 5.75 Å². The van der Waals surface area contributed by atoms with E-state index in [0.717, 1.165) is 22.2 Å². The van der Waals surface area contributed by atoms with Crippen molar-refractivity contribution in [1.82, 2.24) is 9.38 Å². The Morgan fingerprint density at radius 3 is 2.84 bits per heavy atom. The minimum atomic E-state index is -0.537. The average molecular weight is 414 g/mol. The molecule has 0 unspecified atom stereocenters. The number of para-hydroxylation sites is 2. The van der Waals surface area contributed by atoms with Gasteiger partial charge in [0.25, 0.3) is 5.69 Å². The number of imidazole rings is 1. The Balaban J connectivity index is 1.88. The monoisotopic (exact) mass is 414 g/mol. The quantitative estimate of drug-likeness (QED) is 0.285. The molecule has 0 aliphatic rings. The summed E-state index contributed by atoms with van der Waals surface area (Å²) in [5, 5.41) is 35.0. The van der Waals surface area contributed by atoms with Gasteiger partial charge in [0.2, 0.25) is 0 Å². The number of aromatic hydroxyl groups is 1. The van der Waals surface area contributed by atoms with E-state index in [1.807, 2.05) is 42.5 Å². The average Bonchev–Trinajstić information content (AvgIpc) is 3.14. The summed E-state index contributed by atoms with van der Waals surface area (Å²) in [7, 11) is 0. The minimum absolute atomic E-state index is 0.124. The van der Waals surface area contributed by atoms with E-state index in [1.165, 1.54) is 24.4 Å². The van der Waals surface area contributed by atoms with E-state index >= 15 is 0 Å². The number of nitriles is 1. The number of nitro groups is 1. The number of hydrogen-bond donors (Lipinski definition) is 2. The van der Waals surface area contributed by atoms with Crippen LogP contribution in [0.1, 0.15) is 29.2 Å². The number of rotatable bonds is 5. The number of nitrogens with zero attached hydrogens (tertiary/aromatic N) is 5. The van der Waals surface area contributed by atoms with Crippen LogP contribution in [0.2, 0.25) is 0 Å². The largest absolute Gasteiger partial charge is 0.507 e. The first kappa shape index (κ1) is 19.8. The molecular formula is C22H18N6O3. The molecule has 2 aromatic carbocycles. The van der Waals surface area contributed by atoms with Gasteiger partial charge in [-0.05, 0) is 42.7 Å². The van der Waals surface area contributed by atoms with Crippen LogP contribution in [-0.4, -0.2) is 25.6 Å². The van der Waals surface area contributed by atoms with Crippen molar-refractivity contribution in [2.75, 3.05) is 5.43 Å². The van der Waals surface area contributed by atoms with Gasteiger partial charge in [0.05, 0.1) is 27.7 Å². The van der Waals surface area contributed by atoms with Crippen LogP contribution in [0, 0.1) is 28.4 Å². The number of hydrazone groups is 1. The first-order valence-electron chi connectivity index (χ1n) is 9.55. The van der Waals surface area contributed by atoms with Gasteiger partial charge in [0.15, 0.2) is 5.65 Å². The third kappa shape index (κ3) is 3.30. The number of non-ortho nitro benzene ring substituents is 1. The van der Waals surface area contributed by atoms with Crippen LogP contribution in [0.3, 0.4) is 0 Å². The summed E-state index contributed by atoms with van der Waals surface area (Å²) >= 11 is 0. The fourth-order valence-electron chi connectivity index (χ4n) is 3.66. The molecule has 9 nitrogen and oxygen atoms in total. The van der Waals surface area contributed by atoms with Gasteiger partial charge in [-0.3, -0.25) is 19.9 Å². The van der Waals surface area contributed by atoms with Crippen molar-refractivity contribution in [3.8, 4) is 11.8 Å². The maximum Gasteiger partial charge on any atom is 0.270 e. The molecule has 0 saturated carbocycles. The number of nitro benzene ring substituents is 1. The number of hydrogen-bond acceptors (Lipinski definition) is 7. The summed E-state index contributed by atoms with van der Waals surface area (Å²) in [6, 6.07) is 13.5. The number of fused-ring (bicyclic) bond motifs is 3. The highest BCUT2D eigenvalue weighted by Crippen LogP contribution is 2.31. The van der Waals surface area contributed by atoms with Crippen molar-refractivity contribution in [3.05, 3.63) is 74.8 Å². The molecule has 0 fully saturated rings. The molecular weight excluding hydrogens is 396 g/mol. The van der Waals surface area contributed by atoms with Crippen molar-refractivity contribution in [2.24, 2.45) is 5.10 Å². The predicted octanol–water partition coefficient (Wildman–Crippen LogP) is 4.29. The molecule has 0 spiro atoms. The van der Waals surface area contributed by atoms with Crippen molar-refractivity contribution < 1.29 is 10.0 Å². The Bertz CT molecular complexity index is 1410. The van der Waals surface area contributed by atoms with Crippen molar-refractivity contribution >= 4 is 34.4 Å². The maximum atomic E-state index is 11.0. The summed E-state index contributed by atoms with van der Waals surface area (Å²) in [4.78, 5) is 15.1. The molecule has 0 bridgehead atoms. The first-order valence-corrected chi connectivity index (χ1v) is 9.55. The summed E-state index contributed by atoms with van der Waals surface area (Å²) < 4.78 is 1.85. The zero-order valence-electron chi connectivity index (χ0n) is 16.8. The van der Waals surface area contributed by atoms with Gasteiger partial charge in [-0.1, -0.05) is 19.1 Å². The third-order valence-corrected chi connectivity index (χ3v) is 5.18. The van der Waals surface area contributed by atoms with Gasteiger partial charge in [-0.2, -0.15) is 10.4 Å². The van der Waals surface area contributed by atoms with E-state index in [2.05, 4.69) is 21.6 Å². The lowest BCUT2D eigenvalue weighted by atomic mass is 10.0. The SMILES string of the molecule is CCc1c(C)c(C#N)c2nc3ccccc3n2c1N/N=C\c1cc([N+](=O)[O-])ccc1O. The van der Waals surface area contributed by atoms with Gasteiger partial charge < -0.3 is 5.11 Å². The molecule has 0 atom stereocenters. The van der Waals surface area contributed by atoms with E-state index in [1.54, 1.807) is 0 Å². The topological polar surface area (TPSA) is 129 Å². The van der Waals surface area contributed by atoms with Crippen LogP contribution in [0.4, 0.5) is 11.5 Å². The van der Waals surface area contributed by atoms with Gasteiger partial charge >= 0.3 is 0 Å². The van der Waals surface area contributed by atoms with Crippen LogP contribution in [-0.2, 0) is 6.42 Å². The fraction of sp³-hybridized carbons (Fsp3) is 0.136. The number of benzene rings is 2. The summed E-state index contributed by atoms with van der Waals surface area (Å²) in [6.45, 7) is 3.85. The zero-order valence-corrected chi connectivity index (χ0v) is 16.8. The van der Waals surface area contributed by atoms with E-state index < -0.39 is 4.92 Å². The molecule has 31 heavy (non-hydrogen) atoms. The van der Waals surface area contributed by atoms with Crippen molar-refractivity contribution in [1.29, 1.82) is 5.26 Å². The van der Waals surface area contributed by atoms with Crippen LogP contribution >= 0.6 is 0 Å². The maximum absolute atomic E-state index is 11.0. The summed E-state index contributed by atoms with van der Waals surface area (Å²) in [6.07, 6.45) is 1.96. The van der Waals surface area contributed by atoms with Crippen molar-refractivity contribution in [3.63, 3.8) is 0 Å². The van der Waals surface area contributed by atoms with E-state index in [-0.39, 0.29) is 17.0 Å². The standard InChI is InChI=1S/C22H18N6O3/c1-3-16-13(2)17(11-23)21-25-18-6-4-5-7-19(18)27(21)22(16)26-24-12-14-10-15(28(30)31)8-9-20(14)29/h4-10,12,26,29H,3H2,1-2H3/b24-12-. The molecule has 0 saturated heterocycles. The second-order valence-corrected chi connectivity index (χ2v) is 6.92. The minimum Gasteiger partial charge on any atom is -0.507 e. The molecule has 9 heteroatoms. The van der Waals surface area contributed by atoms with E-state index in [4.69, 9.17) is 0 Å². The lowest BCUT2D eigenvalue weighted by Crippen LogP contribution is -2.07. The van der Waals surface area contributed by atoms with Crippen LogP contribution in [0.25, 0.3) is 16.7 Å². The number of phenolic OH excluding ortho intramolecular Hbond substituents is 1. The lowest BCUT2D eigenvalue weighted by molar-refractivity contribution is -0.384. The predicted molar refractivity (Wildman–Crippen MR) is 118 cm³/mol. The Morgan fingerprint density at radius 2 is 2.13 bits per heavy atom. The number of phenols is 1. The number of aromatic nitrogens is 2. The molecule has 0 radical (unpaired) electrons. The molecule has 4 aromatic rings. The normalized spacial score (nSPS) is 11.3. The Morgan fingerprint density at radius 1 is 1.35 bits per heavy atom. The molecule has 2 aromatic heterocycles. The van der Waals surface area contributed by atoms with Crippen LogP contribution in [0.15, 0.2) is 47.6 Å². The molecule has 2 N–H and O–H groups in total. The second-order valence-electron chi connectivity index (χ2n) is 6.92. The van der Waals surface area contributed by atoms with E-state index in [9.17, 15) is 20.5 Å². The number of nitrogens with one attached hydrogen (secondary N) is 1. The Kier molecular flexibility index (Phi) is 4.97. The fourth-order valence-corrected chi connectivity index (χ4v) is 3.66.